The Morgan fingerprint density at radius 3 is 2.52 bits per heavy atom. The Balaban J connectivity index is 1.82. The van der Waals surface area contributed by atoms with Gasteiger partial charge in [-0.2, -0.15) is 4.98 Å². The van der Waals surface area contributed by atoms with Crippen LogP contribution in [-0.4, -0.2) is 16.1 Å². The highest BCUT2D eigenvalue weighted by molar-refractivity contribution is 6.98. The lowest BCUT2D eigenvalue weighted by Crippen LogP contribution is -2.54. The summed E-state index contributed by atoms with van der Waals surface area (Å²) in [6.45, 7) is 0.192. The minimum absolute atomic E-state index is 0.192. The number of rotatable bonds is 1. The van der Waals surface area contributed by atoms with E-state index < -0.39 is 0 Å². The molecular weight excluding hydrogens is 331 g/mol. The van der Waals surface area contributed by atoms with Crippen LogP contribution in [0.2, 0.25) is 0 Å². The molecule has 0 aliphatic carbocycles. The molecule has 0 unspecified atom stereocenters. The van der Waals surface area contributed by atoms with E-state index in [1.54, 1.807) is 0 Å². The van der Waals surface area contributed by atoms with Gasteiger partial charge in [0.25, 0.3) is 0 Å². The van der Waals surface area contributed by atoms with Crippen LogP contribution < -0.4 is 16.4 Å². The molecule has 2 aromatic heterocycles. The average molecular weight is 344 g/mol. The smallest absolute Gasteiger partial charge is 0.307 e. The molecule has 7 rings (SSSR count). The predicted molar refractivity (Wildman–Crippen MR) is 111 cm³/mol. The van der Waals surface area contributed by atoms with Crippen molar-refractivity contribution in [2.75, 3.05) is 0 Å². The first kappa shape index (κ1) is 13.6. The maximum atomic E-state index is 6.21. The van der Waals surface area contributed by atoms with Crippen LogP contribution in [0.15, 0.2) is 83.3 Å². The van der Waals surface area contributed by atoms with Gasteiger partial charge in [0.15, 0.2) is 0 Å². The minimum Gasteiger partial charge on any atom is -0.424 e. The molecule has 0 fully saturated rings. The number of hydrogen-bond donors (Lipinski definition) is 0. The van der Waals surface area contributed by atoms with Crippen molar-refractivity contribution >= 4 is 61.9 Å². The van der Waals surface area contributed by atoms with E-state index >= 15 is 0 Å². The van der Waals surface area contributed by atoms with E-state index in [9.17, 15) is 0 Å². The Morgan fingerprint density at radius 2 is 1.59 bits per heavy atom. The molecular formula is C23H13BN2O. The number of hydrogen-bond acceptors (Lipinski definition) is 2. The zero-order valence-corrected chi connectivity index (χ0v) is 14.4. The van der Waals surface area contributed by atoms with Crippen LogP contribution in [0.3, 0.4) is 0 Å². The van der Waals surface area contributed by atoms with E-state index in [0.717, 1.165) is 16.6 Å². The second-order valence-electron chi connectivity index (χ2n) is 7.25. The van der Waals surface area contributed by atoms with Crippen LogP contribution in [0.5, 0.6) is 0 Å². The second kappa shape index (κ2) is 4.60. The van der Waals surface area contributed by atoms with Crippen molar-refractivity contribution in [3.8, 4) is 0 Å². The first-order chi connectivity index (χ1) is 13.4. The third-order valence-electron chi connectivity index (χ3n) is 5.87. The molecule has 0 saturated carbocycles. The number of imidazole rings is 1. The van der Waals surface area contributed by atoms with Crippen molar-refractivity contribution in [2.45, 2.75) is 0 Å². The summed E-state index contributed by atoms with van der Waals surface area (Å²) in [7, 11) is 0. The van der Waals surface area contributed by atoms with Gasteiger partial charge < -0.3 is 4.42 Å². The normalized spacial score (nSPS) is 13.1. The summed E-state index contributed by atoms with van der Waals surface area (Å²) in [5.74, 6) is 0.663. The van der Waals surface area contributed by atoms with E-state index in [-0.39, 0.29) is 6.71 Å². The van der Waals surface area contributed by atoms with Crippen LogP contribution in [-0.2, 0) is 0 Å². The zero-order chi connectivity index (χ0) is 17.5. The average Bonchev–Trinajstić information content (AvgIpc) is 3.10. The SMILES string of the molecule is c1ccc(B2c3cccc4nc5oc6cccc7ccc2c(c76)n5c34)cc1. The third kappa shape index (κ3) is 1.57. The summed E-state index contributed by atoms with van der Waals surface area (Å²) in [5, 5.41) is 2.38. The first-order valence-corrected chi connectivity index (χ1v) is 9.20. The maximum absolute atomic E-state index is 6.21. The van der Waals surface area contributed by atoms with Gasteiger partial charge in [0.1, 0.15) is 5.58 Å². The molecule has 0 bridgehead atoms. The van der Waals surface area contributed by atoms with Gasteiger partial charge in [0.2, 0.25) is 6.71 Å². The van der Waals surface area contributed by atoms with Crippen molar-refractivity contribution in [1.82, 2.24) is 9.38 Å². The molecule has 6 aromatic rings. The van der Waals surface area contributed by atoms with E-state index in [4.69, 9.17) is 9.40 Å². The molecule has 0 atom stereocenters. The van der Waals surface area contributed by atoms with E-state index in [1.807, 2.05) is 12.1 Å². The molecule has 0 spiro atoms. The molecule has 4 aromatic carbocycles. The van der Waals surface area contributed by atoms with Crippen molar-refractivity contribution in [3.05, 3.63) is 78.9 Å². The van der Waals surface area contributed by atoms with Crippen LogP contribution >= 0.6 is 0 Å². The van der Waals surface area contributed by atoms with Crippen molar-refractivity contribution in [2.24, 2.45) is 0 Å². The fourth-order valence-corrected chi connectivity index (χ4v) is 4.81. The van der Waals surface area contributed by atoms with Gasteiger partial charge in [-0.25, -0.2) is 0 Å². The summed E-state index contributed by atoms with van der Waals surface area (Å²) >= 11 is 0. The van der Waals surface area contributed by atoms with Crippen molar-refractivity contribution in [1.29, 1.82) is 0 Å². The van der Waals surface area contributed by atoms with E-state index in [0.29, 0.717) is 5.84 Å². The largest absolute Gasteiger partial charge is 0.424 e. The molecule has 124 valence electrons. The topological polar surface area (TPSA) is 30.4 Å². The van der Waals surface area contributed by atoms with Crippen LogP contribution in [0.4, 0.5) is 0 Å². The summed E-state index contributed by atoms with van der Waals surface area (Å²) in [6.07, 6.45) is 0. The van der Waals surface area contributed by atoms with E-state index in [1.165, 1.54) is 32.7 Å². The molecule has 1 aliphatic rings. The first-order valence-electron chi connectivity index (χ1n) is 9.20. The maximum Gasteiger partial charge on any atom is 0.307 e. The molecule has 3 heterocycles. The van der Waals surface area contributed by atoms with Gasteiger partial charge in [-0.15, -0.1) is 0 Å². The molecule has 4 heteroatoms. The Hall–Kier alpha value is -3.53. The van der Waals surface area contributed by atoms with Gasteiger partial charge in [-0.05, 0) is 28.4 Å². The third-order valence-corrected chi connectivity index (χ3v) is 5.87. The fourth-order valence-electron chi connectivity index (χ4n) is 4.81. The highest BCUT2D eigenvalue weighted by Gasteiger charge is 2.33. The fraction of sp³-hybridized carbons (Fsp3) is 0. The number of nitrogens with zero attached hydrogens (tertiary/aromatic N) is 2. The zero-order valence-electron chi connectivity index (χ0n) is 14.4. The summed E-state index contributed by atoms with van der Waals surface area (Å²) in [5.41, 5.74) is 8.16. The quantitative estimate of drug-likeness (QED) is 0.428. The van der Waals surface area contributed by atoms with Gasteiger partial charge >= 0.3 is 5.84 Å². The van der Waals surface area contributed by atoms with Crippen molar-refractivity contribution < 1.29 is 4.42 Å². The predicted octanol–water partition coefficient (Wildman–Crippen LogP) is 3.22. The molecule has 0 saturated heterocycles. The van der Waals surface area contributed by atoms with Crippen LogP contribution in [0.25, 0.3) is 38.7 Å². The Labute approximate surface area is 154 Å². The number of para-hydroxylation sites is 1. The molecule has 0 amide bonds. The minimum atomic E-state index is 0.192. The van der Waals surface area contributed by atoms with Crippen molar-refractivity contribution in [3.63, 3.8) is 0 Å². The lowest BCUT2D eigenvalue weighted by Gasteiger charge is -2.24. The summed E-state index contributed by atoms with van der Waals surface area (Å²) in [6, 6.07) is 27.9. The molecule has 0 radical (unpaired) electrons. The number of aromatic nitrogens is 2. The Morgan fingerprint density at radius 1 is 0.741 bits per heavy atom. The van der Waals surface area contributed by atoms with Gasteiger partial charge in [0, 0.05) is 5.39 Å². The van der Waals surface area contributed by atoms with Gasteiger partial charge in [0.05, 0.1) is 16.6 Å². The summed E-state index contributed by atoms with van der Waals surface area (Å²) < 4.78 is 8.43. The van der Waals surface area contributed by atoms with E-state index in [2.05, 4.69) is 71.1 Å². The molecule has 3 nitrogen and oxygen atoms in total. The molecule has 27 heavy (non-hydrogen) atoms. The second-order valence-corrected chi connectivity index (χ2v) is 7.25. The van der Waals surface area contributed by atoms with Gasteiger partial charge in [-0.1, -0.05) is 72.2 Å². The highest BCUT2D eigenvalue weighted by atomic mass is 16.3. The Kier molecular flexibility index (Phi) is 2.32. The Bertz CT molecular complexity index is 1530. The lowest BCUT2D eigenvalue weighted by molar-refractivity contribution is 0.624. The lowest BCUT2D eigenvalue weighted by atomic mass is 9.35. The van der Waals surface area contributed by atoms with Gasteiger partial charge in [-0.3, -0.25) is 4.40 Å². The monoisotopic (exact) mass is 344 g/mol. The van der Waals surface area contributed by atoms with Crippen LogP contribution in [0, 0.1) is 0 Å². The highest BCUT2D eigenvalue weighted by Crippen LogP contribution is 2.31. The number of benzene rings is 4. The standard InChI is InChI=1S/C23H13BN2O/c1-2-7-15(8-3-1)24-16-9-5-10-18-21(16)26-22-17(24)13-12-14-6-4-11-19(20(14)22)27-23(26)25-18/h1-13H. The molecule has 1 aliphatic heterocycles. The summed E-state index contributed by atoms with van der Waals surface area (Å²) in [4.78, 5) is 4.80. The molecule has 0 N–H and O–H groups in total. The van der Waals surface area contributed by atoms with Crippen LogP contribution in [0.1, 0.15) is 0 Å².